The lowest BCUT2D eigenvalue weighted by molar-refractivity contribution is 0.355. The Balaban J connectivity index is 3.13. The highest BCUT2D eigenvalue weighted by Gasteiger charge is 1.98. The van der Waals surface area contributed by atoms with Gasteiger partial charge >= 0.3 is 10.4 Å². The Hall–Kier alpha value is -0.550. The molecule has 0 unspecified atom stereocenters. The van der Waals surface area contributed by atoms with Crippen molar-refractivity contribution in [3.63, 3.8) is 0 Å². The second-order valence-electron chi connectivity index (χ2n) is 5.22. The molecule has 0 saturated carbocycles. The van der Waals surface area contributed by atoms with Crippen molar-refractivity contribution in [2.45, 2.75) is 84.0 Å². The SMILES string of the molecule is CCCCCCCCCCCCCC=COS(=O)(=O)O. The van der Waals surface area contributed by atoms with Crippen LogP contribution in [0.4, 0.5) is 0 Å². The molecule has 0 aromatic carbocycles. The van der Waals surface area contributed by atoms with Gasteiger partial charge in [-0.3, -0.25) is 4.55 Å². The maximum atomic E-state index is 10.2. The zero-order valence-corrected chi connectivity index (χ0v) is 13.5. The Kier molecular flexibility index (Phi) is 13.1. The summed E-state index contributed by atoms with van der Waals surface area (Å²) in [5.74, 6) is 0. The lowest BCUT2D eigenvalue weighted by Gasteiger charge is -2.01. The molecule has 5 heteroatoms. The smallest absolute Gasteiger partial charge is 0.370 e. The highest BCUT2D eigenvalue weighted by atomic mass is 32.3. The molecule has 4 nitrogen and oxygen atoms in total. The van der Waals surface area contributed by atoms with Gasteiger partial charge in [0.2, 0.25) is 0 Å². The molecular weight excluding hydrogens is 276 g/mol. The van der Waals surface area contributed by atoms with Crippen LogP contribution in [0, 0.1) is 0 Å². The molecule has 0 heterocycles. The third-order valence-electron chi connectivity index (χ3n) is 3.25. The van der Waals surface area contributed by atoms with E-state index in [2.05, 4.69) is 11.1 Å². The van der Waals surface area contributed by atoms with E-state index >= 15 is 0 Å². The van der Waals surface area contributed by atoms with Gasteiger partial charge in [0.25, 0.3) is 0 Å². The minimum absolute atomic E-state index is 0.784. The molecule has 0 atom stereocenters. The summed E-state index contributed by atoms with van der Waals surface area (Å²) < 4.78 is 32.8. The summed E-state index contributed by atoms with van der Waals surface area (Å²) in [5.41, 5.74) is 0. The molecule has 0 amide bonds. The van der Waals surface area contributed by atoms with Crippen LogP contribution in [-0.2, 0) is 14.6 Å². The normalized spacial score (nSPS) is 12.1. The van der Waals surface area contributed by atoms with Gasteiger partial charge in [-0.15, -0.1) is 0 Å². The van der Waals surface area contributed by atoms with Gasteiger partial charge in [0.05, 0.1) is 0 Å². The Bertz CT molecular complexity index is 323. The molecule has 0 aliphatic rings. The summed E-state index contributed by atoms with van der Waals surface area (Å²) in [7, 11) is -4.33. The molecule has 0 aromatic heterocycles. The number of rotatable bonds is 14. The molecule has 0 bridgehead atoms. The fourth-order valence-electron chi connectivity index (χ4n) is 2.10. The predicted molar refractivity (Wildman–Crippen MR) is 82.9 cm³/mol. The first-order chi connectivity index (χ1) is 9.56. The van der Waals surface area contributed by atoms with Crippen LogP contribution in [0.5, 0.6) is 0 Å². The minimum atomic E-state index is -4.33. The van der Waals surface area contributed by atoms with Crippen LogP contribution in [0.15, 0.2) is 12.3 Å². The maximum Gasteiger partial charge on any atom is 0.445 e. The first kappa shape index (κ1) is 19.4. The van der Waals surface area contributed by atoms with E-state index in [1.54, 1.807) is 6.08 Å². The van der Waals surface area contributed by atoms with Gasteiger partial charge in [-0.25, -0.2) is 0 Å². The van der Waals surface area contributed by atoms with Crippen LogP contribution in [0.1, 0.15) is 84.0 Å². The molecule has 0 aromatic rings. The van der Waals surface area contributed by atoms with Crippen LogP contribution in [0.2, 0.25) is 0 Å². The highest BCUT2D eigenvalue weighted by molar-refractivity contribution is 7.81. The summed E-state index contributed by atoms with van der Waals surface area (Å²) in [6, 6.07) is 0. The van der Waals surface area contributed by atoms with E-state index in [0.29, 0.717) is 0 Å². The fraction of sp³-hybridized carbons (Fsp3) is 0.867. The van der Waals surface area contributed by atoms with Crippen LogP contribution < -0.4 is 0 Å². The molecule has 0 radical (unpaired) electrons. The van der Waals surface area contributed by atoms with Crippen molar-refractivity contribution >= 4 is 10.4 Å². The van der Waals surface area contributed by atoms with Crippen molar-refractivity contribution < 1.29 is 17.2 Å². The molecule has 0 fully saturated rings. The second kappa shape index (κ2) is 13.4. The van der Waals surface area contributed by atoms with Crippen molar-refractivity contribution in [2.75, 3.05) is 0 Å². The minimum Gasteiger partial charge on any atom is -0.370 e. The summed E-state index contributed by atoms with van der Waals surface area (Å²) in [4.78, 5) is 0. The van der Waals surface area contributed by atoms with Gasteiger partial charge in [-0.2, -0.15) is 8.42 Å². The maximum absolute atomic E-state index is 10.2. The molecule has 0 aliphatic heterocycles. The molecule has 20 heavy (non-hydrogen) atoms. The molecular formula is C15H30O4S. The van der Waals surface area contributed by atoms with E-state index in [-0.39, 0.29) is 0 Å². The molecule has 0 aliphatic carbocycles. The predicted octanol–water partition coefficient (Wildman–Crippen LogP) is 5.02. The van der Waals surface area contributed by atoms with E-state index in [1.165, 1.54) is 57.8 Å². The van der Waals surface area contributed by atoms with Gasteiger partial charge in [0.15, 0.2) is 0 Å². The van der Waals surface area contributed by atoms with Crippen LogP contribution in [-0.4, -0.2) is 13.0 Å². The molecule has 0 rings (SSSR count). The van der Waals surface area contributed by atoms with Crippen molar-refractivity contribution in [1.29, 1.82) is 0 Å². The van der Waals surface area contributed by atoms with Crippen LogP contribution in [0.3, 0.4) is 0 Å². The zero-order valence-electron chi connectivity index (χ0n) is 12.7. The lowest BCUT2D eigenvalue weighted by atomic mass is 10.1. The van der Waals surface area contributed by atoms with Gasteiger partial charge in [0.1, 0.15) is 6.26 Å². The molecule has 120 valence electrons. The molecule has 1 N–H and O–H groups in total. The largest absolute Gasteiger partial charge is 0.445 e. The Morgan fingerprint density at radius 1 is 0.850 bits per heavy atom. The fourth-order valence-corrected chi connectivity index (χ4v) is 2.32. The van der Waals surface area contributed by atoms with Gasteiger partial charge < -0.3 is 4.18 Å². The number of hydrogen-bond donors (Lipinski definition) is 1. The second-order valence-corrected chi connectivity index (χ2v) is 6.27. The van der Waals surface area contributed by atoms with E-state index in [1.807, 2.05) is 0 Å². The van der Waals surface area contributed by atoms with E-state index in [9.17, 15) is 8.42 Å². The molecule has 0 saturated heterocycles. The van der Waals surface area contributed by atoms with Crippen molar-refractivity contribution in [3.05, 3.63) is 12.3 Å². The van der Waals surface area contributed by atoms with Crippen molar-refractivity contribution in [2.24, 2.45) is 0 Å². The summed E-state index contributed by atoms with van der Waals surface area (Å²) in [6.45, 7) is 2.24. The summed E-state index contributed by atoms with van der Waals surface area (Å²) in [6.07, 6.45) is 17.7. The standard InChI is InChI=1S/C15H30O4S/c1-2-3-4-5-6-7-8-9-10-11-12-13-14-15-19-20(16,17)18/h14-15H,2-13H2,1H3,(H,16,17,18). The lowest BCUT2D eigenvalue weighted by Crippen LogP contribution is -1.96. The zero-order chi connectivity index (χ0) is 15.1. The highest BCUT2D eigenvalue weighted by Crippen LogP contribution is 2.12. The van der Waals surface area contributed by atoms with E-state index in [0.717, 1.165) is 25.5 Å². The molecule has 0 spiro atoms. The van der Waals surface area contributed by atoms with Crippen molar-refractivity contribution in [3.8, 4) is 0 Å². The number of unbranched alkanes of at least 4 members (excludes halogenated alkanes) is 11. The monoisotopic (exact) mass is 306 g/mol. The summed E-state index contributed by atoms with van der Waals surface area (Å²) >= 11 is 0. The van der Waals surface area contributed by atoms with E-state index in [4.69, 9.17) is 4.55 Å². The quantitative estimate of drug-likeness (QED) is 0.278. The average molecular weight is 306 g/mol. The van der Waals surface area contributed by atoms with Crippen LogP contribution in [0.25, 0.3) is 0 Å². The Morgan fingerprint density at radius 3 is 1.75 bits per heavy atom. The topological polar surface area (TPSA) is 63.6 Å². The van der Waals surface area contributed by atoms with Crippen LogP contribution >= 0.6 is 0 Å². The Morgan fingerprint density at radius 2 is 1.30 bits per heavy atom. The van der Waals surface area contributed by atoms with Gasteiger partial charge in [0, 0.05) is 0 Å². The van der Waals surface area contributed by atoms with Crippen molar-refractivity contribution in [1.82, 2.24) is 0 Å². The summed E-state index contributed by atoms with van der Waals surface area (Å²) in [5, 5.41) is 0. The first-order valence-electron chi connectivity index (χ1n) is 7.87. The van der Waals surface area contributed by atoms with Gasteiger partial charge in [-0.1, -0.05) is 71.1 Å². The number of hydrogen-bond acceptors (Lipinski definition) is 3. The number of allylic oxidation sites excluding steroid dienone is 1. The first-order valence-corrected chi connectivity index (χ1v) is 9.23. The third kappa shape index (κ3) is 17.4. The van der Waals surface area contributed by atoms with Gasteiger partial charge in [-0.05, 0) is 18.9 Å². The third-order valence-corrected chi connectivity index (χ3v) is 3.60. The average Bonchev–Trinajstić information content (AvgIpc) is 2.38. The Labute approximate surface area is 124 Å². The van der Waals surface area contributed by atoms with E-state index < -0.39 is 10.4 Å².